The molecule has 0 unspecified atom stereocenters. The molecule has 0 bridgehead atoms. The Labute approximate surface area is 96.8 Å². The average Bonchev–Trinajstić information content (AvgIpc) is 2.28. The SMILES string of the molecule is COc1cccc(CCNCCC(C)=O)c1. The van der Waals surface area contributed by atoms with Crippen molar-refractivity contribution in [1.29, 1.82) is 0 Å². The zero-order chi connectivity index (χ0) is 11.8. The van der Waals surface area contributed by atoms with Gasteiger partial charge in [0.1, 0.15) is 11.5 Å². The lowest BCUT2D eigenvalue weighted by atomic mass is 10.1. The van der Waals surface area contributed by atoms with Crippen LogP contribution < -0.4 is 10.1 Å². The summed E-state index contributed by atoms with van der Waals surface area (Å²) in [6, 6.07) is 8.04. The third-order valence-corrected chi connectivity index (χ3v) is 2.38. The Morgan fingerprint density at radius 2 is 2.19 bits per heavy atom. The number of hydrogen-bond donors (Lipinski definition) is 1. The molecule has 0 fully saturated rings. The molecule has 0 aliphatic carbocycles. The summed E-state index contributed by atoms with van der Waals surface area (Å²) in [6.07, 6.45) is 1.56. The standard InChI is InChI=1S/C13H19NO2/c1-11(15)6-8-14-9-7-12-4-3-5-13(10-12)16-2/h3-5,10,14H,6-9H2,1-2H3. The van der Waals surface area contributed by atoms with Crippen LogP contribution in [-0.4, -0.2) is 26.0 Å². The number of ketones is 1. The summed E-state index contributed by atoms with van der Waals surface area (Å²) in [5.74, 6) is 1.12. The van der Waals surface area contributed by atoms with Crippen molar-refractivity contribution >= 4 is 5.78 Å². The number of carbonyl (C=O) groups is 1. The van der Waals surface area contributed by atoms with Crippen molar-refractivity contribution in [3.05, 3.63) is 29.8 Å². The van der Waals surface area contributed by atoms with Gasteiger partial charge in [0, 0.05) is 13.0 Å². The molecule has 0 saturated carbocycles. The van der Waals surface area contributed by atoms with Gasteiger partial charge in [-0.25, -0.2) is 0 Å². The zero-order valence-electron chi connectivity index (χ0n) is 9.95. The Balaban J connectivity index is 2.23. The number of Topliss-reactive ketones (excluding diaryl/α,β-unsaturated/α-hetero) is 1. The minimum absolute atomic E-state index is 0.230. The molecule has 0 aliphatic rings. The Morgan fingerprint density at radius 3 is 2.88 bits per heavy atom. The van der Waals surface area contributed by atoms with Gasteiger partial charge < -0.3 is 10.1 Å². The van der Waals surface area contributed by atoms with Crippen molar-refractivity contribution in [3.8, 4) is 5.75 Å². The van der Waals surface area contributed by atoms with Gasteiger partial charge in [-0.1, -0.05) is 12.1 Å². The number of benzene rings is 1. The van der Waals surface area contributed by atoms with Crippen LogP contribution in [0.4, 0.5) is 0 Å². The first-order valence-corrected chi connectivity index (χ1v) is 5.55. The molecule has 0 spiro atoms. The van der Waals surface area contributed by atoms with Crippen molar-refractivity contribution in [2.45, 2.75) is 19.8 Å². The van der Waals surface area contributed by atoms with Crippen molar-refractivity contribution in [2.24, 2.45) is 0 Å². The average molecular weight is 221 g/mol. The van der Waals surface area contributed by atoms with Crippen molar-refractivity contribution in [1.82, 2.24) is 5.32 Å². The Hall–Kier alpha value is -1.35. The van der Waals surface area contributed by atoms with Gasteiger partial charge in [0.05, 0.1) is 7.11 Å². The van der Waals surface area contributed by atoms with Gasteiger partial charge in [0.25, 0.3) is 0 Å². The fourth-order valence-electron chi connectivity index (χ4n) is 1.45. The highest BCUT2D eigenvalue weighted by molar-refractivity contribution is 5.75. The molecule has 3 heteroatoms. The molecule has 0 saturated heterocycles. The fourth-order valence-corrected chi connectivity index (χ4v) is 1.45. The largest absolute Gasteiger partial charge is 0.497 e. The molecule has 0 aromatic heterocycles. The second-order valence-electron chi connectivity index (χ2n) is 3.80. The van der Waals surface area contributed by atoms with Crippen LogP contribution in [0, 0.1) is 0 Å². The van der Waals surface area contributed by atoms with Gasteiger partial charge in [-0.05, 0) is 37.6 Å². The van der Waals surface area contributed by atoms with Crippen molar-refractivity contribution in [3.63, 3.8) is 0 Å². The molecule has 0 heterocycles. The van der Waals surface area contributed by atoms with E-state index in [2.05, 4.69) is 11.4 Å². The monoisotopic (exact) mass is 221 g/mol. The smallest absolute Gasteiger partial charge is 0.131 e. The number of methoxy groups -OCH3 is 1. The minimum Gasteiger partial charge on any atom is -0.497 e. The Kier molecular flexibility index (Phi) is 5.57. The van der Waals surface area contributed by atoms with Crippen LogP contribution in [0.5, 0.6) is 5.75 Å². The normalized spacial score (nSPS) is 10.1. The van der Waals surface area contributed by atoms with Crippen LogP contribution in [-0.2, 0) is 11.2 Å². The molecule has 0 amide bonds. The summed E-state index contributed by atoms with van der Waals surface area (Å²) in [7, 11) is 1.67. The topological polar surface area (TPSA) is 38.3 Å². The highest BCUT2D eigenvalue weighted by Crippen LogP contribution is 2.12. The van der Waals surface area contributed by atoms with Crippen LogP contribution in [0.25, 0.3) is 0 Å². The van der Waals surface area contributed by atoms with E-state index < -0.39 is 0 Å². The van der Waals surface area contributed by atoms with E-state index in [4.69, 9.17) is 4.74 Å². The summed E-state index contributed by atoms with van der Waals surface area (Å²) in [4.78, 5) is 10.7. The second kappa shape index (κ2) is 7.01. The summed E-state index contributed by atoms with van der Waals surface area (Å²) in [5.41, 5.74) is 1.25. The molecule has 88 valence electrons. The lowest BCUT2D eigenvalue weighted by Crippen LogP contribution is -2.20. The van der Waals surface area contributed by atoms with E-state index >= 15 is 0 Å². The van der Waals surface area contributed by atoms with E-state index in [-0.39, 0.29) is 5.78 Å². The van der Waals surface area contributed by atoms with Crippen LogP contribution in [0.3, 0.4) is 0 Å². The van der Waals surface area contributed by atoms with E-state index in [0.717, 1.165) is 25.3 Å². The van der Waals surface area contributed by atoms with Crippen LogP contribution in [0.15, 0.2) is 24.3 Å². The number of ether oxygens (including phenoxy) is 1. The van der Waals surface area contributed by atoms with E-state index in [9.17, 15) is 4.79 Å². The highest BCUT2D eigenvalue weighted by atomic mass is 16.5. The van der Waals surface area contributed by atoms with Gasteiger partial charge in [-0.3, -0.25) is 4.79 Å². The summed E-state index contributed by atoms with van der Waals surface area (Å²) >= 11 is 0. The maximum absolute atomic E-state index is 10.7. The highest BCUT2D eigenvalue weighted by Gasteiger charge is 1.96. The van der Waals surface area contributed by atoms with E-state index in [0.29, 0.717) is 6.42 Å². The predicted octanol–water partition coefficient (Wildman–Crippen LogP) is 1.81. The van der Waals surface area contributed by atoms with Gasteiger partial charge >= 0.3 is 0 Å². The van der Waals surface area contributed by atoms with Gasteiger partial charge in [-0.15, -0.1) is 0 Å². The van der Waals surface area contributed by atoms with E-state index in [1.807, 2.05) is 18.2 Å². The van der Waals surface area contributed by atoms with Crippen LogP contribution in [0.2, 0.25) is 0 Å². The van der Waals surface area contributed by atoms with E-state index in [1.54, 1.807) is 14.0 Å². The zero-order valence-corrected chi connectivity index (χ0v) is 9.95. The van der Waals surface area contributed by atoms with Gasteiger partial charge in [-0.2, -0.15) is 0 Å². The predicted molar refractivity (Wildman–Crippen MR) is 64.9 cm³/mol. The third-order valence-electron chi connectivity index (χ3n) is 2.38. The first kappa shape index (κ1) is 12.7. The molecular formula is C13H19NO2. The van der Waals surface area contributed by atoms with Gasteiger partial charge in [0.15, 0.2) is 0 Å². The quantitative estimate of drug-likeness (QED) is 0.714. The first-order valence-electron chi connectivity index (χ1n) is 5.55. The fraction of sp³-hybridized carbons (Fsp3) is 0.462. The van der Waals surface area contributed by atoms with Crippen LogP contribution >= 0.6 is 0 Å². The molecule has 1 rings (SSSR count). The third kappa shape index (κ3) is 4.94. The first-order chi connectivity index (χ1) is 7.72. The second-order valence-corrected chi connectivity index (χ2v) is 3.80. The molecule has 0 atom stereocenters. The number of nitrogens with one attached hydrogen (secondary N) is 1. The molecular weight excluding hydrogens is 202 g/mol. The summed E-state index contributed by atoms with van der Waals surface area (Å²) < 4.78 is 5.15. The van der Waals surface area contributed by atoms with E-state index in [1.165, 1.54) is 5.56 Å². The Bertz CT molecular complexity index is 336. The summed E-state index contributed by atoms with van der Waals surface area (Å²) in [5, 5.41) is 3.24. The lowest BCUT2D eigenvalue weighted by Gasteiger charge is -2.05. The molecule has 3 nitrogen and oxygen atoms in total. The minimum atomic E-state index is 0.230. The molecule has 1 aromatic rings. The number of carbonyl (C=O) groups excluding carboxylic acids is 1. The van der Waals surface area contributed by atoms with Gasteiger partial charge in [0.2, 0.25) is 0 Å². The molecule has 16 heavy (non-hydrogen) atoms. The molecule has 0 aliphatic heterocycles. The summed E-state index contributed by atoms with van der Waals surface area (Å²) in [6.45, 7) is 3.27. The molecule has 0 radical (unpaired) electrons. The van der Waals surface area contributed by atoms with Crippen LogP contribution in [0.1, 0.15) is 18.9 Å². The van der Waals surface area contributed by atoms with Crippen molar-refractivity contribution in [2.75, 3.05) is 20.2 Å². The lowest BCUT2D eigenvalue weighted by molar-refractivity contribution is -0.116. The Morgan fingerprint density at radius 1 is 1.38 bits per heavy atom. The molecule has 1 N–H and O–H groups in total. The maximum Gasteiger partial charge on any atom is 0.131 e. The number of hydrogen-bond acceptors (Lipinski definition) is 3. The molecule has 1 aromatic carbocycles. The van der Waals surface area contributed by atoms with Crippen molar-refractivity contribution < 1.29 is 9.53 Å². The maximum atomic E-state index is 10.7. The number of rotatable bonds is 7.